The van der Waals surface area contributed by atoms with Crippen molar-refractivity contribution in [2.75, 3.05) is 39.3 Å². The maximum Gasteiger partial charge on any atom is 0.0521 e. The first-order valence-electron chi connectivity index (χ1n) is 6.47. The minimum Gasteiger partial charge on any atom is -0.314 e. The van der Waals surface area contributed by atoms with E-state index in [0.717, 1.165) is 12.6 Å². The number of hydrogen-bond donors (Lipinski definition) is 1. The maximum absolute atomic E-state index is 4.22. The Morgan fingerprint density at radius 3 is 2.59 bits per heavy atom. The largest absolute Gasteiger partial charge is 0.314 e. The summed E-state index contributed by atoms with van der Waals surface area (Å²) in [6, 6.07) is 2.91. The van der Waals surface area contributed by atoms with Crippen LogP contribution in [0.3, 0.4) is 0 Å². The van der Waals surface area contributed by atoms with Gasteiger partial charge in [-0.15, -0.1) is 0 Å². The molecule has 1 N–H and O–H groups in total. The monoisotopic (exact) mass is 235 g/mol. The van der Waals surface area contributed by atoms with Crippen molar-refractivity contribution in [2.45, 2.75) is 12.6 Å². The highest BCUT2D eigenvalue weighted by Crippen LogP contribution is 2.11. The van der Waals surface area contributed by atoms with E-state index in [-0.39, 0.29) is 0 Å². The van der Waals surface area contributed by atoms with E-state index in [1.165, 1.54) is 45.0 Å². The second-order valence-corrected chi connectivity index (χ2v) is 5.07. The summed E-state index contributed by atoms with van der Waals surface area (Å²) in [7, 11) is 2.02. The minimum atomic E-state index is 0.800. The van der Waals surface area contributed by atoms with Gasteiger partial charge in [0.1, 0.15) is 0 Å². The molecule has 2 aliphatic rings. The zero-order valence-corrected chi connectivity index (χ0v) is 10.5. The normalized spacial score (nSPS) is 23.8. The fraction of sp³-hybridized carbons (Fsp3) is 0.750. The van der Waals surface area contributed by atoms with Crippen molar-refractivity contribution in [3.63, 3.8) is 0 Å². The molecule has 0 amide bonds. The summed E-state index contributed by atoms with van der Waals surface area (Å²) in [5.74, 6) is 0. The first-order chi connectivity index (χ1) is 8.33. The van der Waals surface area contributed by atoms with Gasteiger partial charge in [0.2, 0.25) is 0 Å². The third-order valence-corrected chi connectivity index (χ3v) is 3.99. The zero-order chi connectivity index (χ0) is 11.7. The molecule has 2 aliphatic heterocycles. The molecule has 0 bridgehead atoms. The van der Waals surface area contributed by atoms with Gasteiger partial charge in [0.15, 0.2) is 0 Å². The fourth-order valence-corrected chi connectivity index (χ4v) is 2.60. The molecule has 0 aliphatic carbocycles. The number of aromatic nitrogens is 2. The molecule has 3 heterocycles. The van der Waals surface area contributed by atoms with Crippen molar-refractivity contribution in [3.05, 3.63) is 18.0 Å². The van der Waals surface area contributed by atoms with Crippen LogP contribution in [-0.4, -0.2) is 64.9 Å². The van der Waals surface area contributed by atoms with Crippen LogP contribution >= 0.6 is 0 Å². The van der Waals surface area contributed by atoms with E-state index in [1.54, 1.807) is 0 Å². The van der Waals surface area contributed by atoms with Gasteiger partial charge < -0.3 is 5.32 Å². The summed E-state index contributed by atoms with van der Waals surface area (Å²) in [6.07, 6.45) is 1.88. The molecule has 1 aromatic rings. The number of aryl methyl sites for hydroxylation is 1. The quantitative estimate of drug-likeness (QED) is 0.767. The standard InChI is InChI=1S/C12H21N5/c1-15-11(2-3-14-15)10-16-4-6-17(7-5-16)12-8-13-9-12/h2-3,12-13H,4-10H2,1H3. The molecule has 0 saturated carbocycles. The number of nitrogens with one attached hydrogen (secondary N) is 1. The predicted molar refractivity (Wildman–Crippen MR) is 66.7 cm³/mol. The van der Waals surface area contributed by atoms with Crippen LogP contribution in [0.4, 0.5) is 0 Å². The van der Waals surface area contributed by atoms with E-state index in [1.807, 2.05) is 17.9 Å². The van der Waals surface area contributed by atoms with Crippen molar-refractivity contribution >= 4 is 0 Å². The first kappa shape index (κ1) is 11.2. The maximum atomic E-state index is 4.22. The van der Waals surface area contributed by atoms with Gasteiger partial charge in [0.25, 0.3) is 0 Å². The summed E-state index contributed by atoms with van der Waals surface area (Å²) < 4.78 is 1.97. The van der Waals surface area contributed by atoms with Crippen LogP contribution in [0, 0.1) is 0 Å². The highest BCUT2D eigenvalue weighted by molar-refractivity contribution is 5.00. The van der Waals surface area contributed by atoms with Gasteiger partial charge in [0, 0.05) is 65.1 Å². The van der Waals surface area contributed by atoms with Crippen molar-refractivity contribution < 1.29 is 0 Å². The fourth-order valence-electron chi connectivity index (χ4n) is 2.60. The van der Waals surface area contributed by atoms with Crippen LogP contribution in [0.2, 0.25) is 0 Å². The van der Waals surface area contributed by atoms with Crippen molar-refractivity contribution in [1.82, 2.24) is 24.9 Å². The second-order valence-electron chi connectivity index (χ2n) is 5.07. The van der Waals surface area contributed by atoms with E-state index in [0.29, 0.717) is 0 Å². The van der Waals surface area contributed by atoms with Crippen LogP contribution in [0.1, 0.15) is 5.69 Å². The Morgan fingerprint density at radius 2 is 2.06 bits per heavy atom. The van der Waals surface area contributed by atoms with Crippen LogP contribution in [0.5, 0.6) is 0 Å². The molecular formula is C12H21N5. The molecule has 0 aromatic carbocycles. The molecule has 94 valence electrons. The summed E-state index contributed by atoms with van der Waals surface area (Å²) in [6.45, 7) is 8.19. The molecular weight excluding hydrogens is 214 g/mol. The molecule has 0 unspecified atom stereocenters. The average Bonchev–Trinajstić information content (AvgIpc) is 2.65. The average molecular weight is 235 g/mol. The molecule has 17 heavy (non-hydrogen) atoms. The Labute approximate surface area is 102 Å². The lowest BCUT2D eigenvalue weighted by molar-refractivity contribution is 0.0685. The Hall–Kier alpha value is -0.910. The second kappa shape index (κ2) is 4.76. The van der Waals surface area contributed by atoms with Crippen molar-refractivity contribution in [1.29, 1.82) is 0 Å². The zero-order valence-electron chi connectivity index (χ0n) is 10.5. The summed E-state index contributed by atoms with van der Waals surface area (Å²) in [4.78, 5) is 5.15. The number of piperazine rings is 1. The lowest BCUT2D eigenvalue weighted by Crippen LogP contribution is -2.61. The Morgan fingerprint density at radius 1 is 1.29 bits per heavy atom. The van der Waals surface area contributed by atoms with Gasteiger partial charge >= 0.3 is 0 Å². The third kappa shape index (κ3) is 2.36. The van der Waals surface area contributed by atoms with Gasteiger partial charge in [-0.25, -0.2) is 0 Å². The number of hydrogen-bond acceptors (Lipinski definition) is 4. The van der Waals surface area contributed by atoms with Crippen LogP contribution in [0.15, 0.2) is 12.3 Å². The van der Waals surface area contributed by atoms with Gasteiger partial charge in [-0.05, 0) is 6.07 Å². The lowest BCUT2D eigenvalue weighted by Gasteiger charge is -2.43. The van der Waals surface area contributed by atoms with Gasteiger partial charge in [-0.1, -0.05) is 0 Å². The third-order valence-electron chi connectivity index (χ3n) is 3.99. The van der Waals surface area contributed by atoms with Crippen LogP contribution < -0.4 is 5.32 Å². The van der Waals surface area contributed by atoms with Crippen LogP contribution in [0.25, 0.3) is 0 Å². The first-order valence-corrected chi connectivity index (χ1v) is 6.47. The van der Waals surface area contributed by atoms with E-state index < -0.39 is 0 Å². The molecule has 1 aromatic heterocycles. The molecule has 5 heteroatoms. The highest BCUT2D eigenvalue weighted by Gasteiger charge is 2.27. The number of rotatable bonds is 3. The lowest BCUT2D eigenvalue weighted by atomic mass is 10.1. The summed E-state index contributed by atoms with van der Waals surface area (Å²) >= 11 is 0. The molecule has 2 saturated heterocycles. The van der Waals surface area contributed by atoms with Gasteiger partial charge in [0.05, 0.1) is 5.69 Å². The SMILES string of the molecule is Cn1nccc1CN1CCN(C2CNC2)CC1. The Balaban J connectivity index is 1.49. The van der Waals surface area contributed by atoms with Gasteiger partial charge in [-0.2, -0.15) is 5.10 Å². The molecule has 0 atom stereocenters. The Bertz CT molecular complexity index is 363. The molecule has 2 fully saturated rings. The van der Waals surface area contributed by atoms with E-state index in [4.69, 9.17) is 0 Å². The van der Waals surface area contributed by atoms with Gasteiger partial charge in [-0.3, -0.25) is 14.5 Å². The van der Waals surface area contributed by atoms with Crippen molar-refractivity contribution in [2.24, 2.45) is 7.05 Å². The van der Waals surface area contributed by atoms with Crippen LogP contribution in [-0.2, 0) is 13.6 Å². The topological polar surface area (TPSA) is 36.3 Å². The van der Waals surface area contributed by atoms with E-state index in [2.05, 4.69) is 26.3 Å². The summed E-state index contributed by atoms with van der Waals surface area (Å²) in [5.41, 5.74) is 1.31. The molecule has 5 nitrogen and oxygen atoms in total. The van der Waals surface area contributed by atoms with E-state index in [9.17, 15) is 0 Å². The smallest absolute Gasteiger partial charge is 0.0521 e. The predicted octanol–water partition coefficient (Wildman–Crippen LogP) is -0.490. The summed E-state index contributed by atoms with van der Waals surface area (Å²) in [5, 5.41) is 7.57. The minimum absolute atomic E-state index is 0.800. The van der Waals surface area contributed by atoms with Crippen molar-refractivity contribution in [3.8, 4) is 0 Å². The molecule has 0 radical (unpaired) electrons. The molecule has 3 rings (SSSR count). The number of nitrogens with zero attached hydrogens (tertiary/aromatic N) is 4. The van der Waals surface area contributed by atoms with E-state index >= 15 is 0 Å². The molecule has 0 spiro atoms. The highest BCUT2D eigenvalue weighted by atomic mass is 15.3. The Kier molecular flexibility index (Phi) is 3.13.